The van der Waals surface area contributed by atoms with E-state index in [4.69, 9.17) is 19.5 Å². The Hall–Kier alpha value is -6.19. The molecule has 6 aromatic rings. The number of nitrogens with zero attached hydrogens (tertiary/aromatic N) is 2. The molecule has 0 saturated carbocycles. The van der Waals surface area contributed by atoms with E-state index in [0.717, 1.165) is 54.6 Å². The van der Waals surface area contributed by atoms with Gasteiger partial charge in [0.25, 0.3) is 0 Å². The van der Waals surface area contributed by atoms with Crippen LogP contribution in [0.1, 0.15) is 22.3 Å². The van der Waals surface area contributed by atoms with Crippen LogP contribution in [0.2, 0.25) is 0 Å². The van der Waals surface area contributed by atoms with Crippen molar-refractivity contribution in [3.8, 4) is 32.4 Å². The highest BCUT2D eigenvalue weighted by Gasteiger charge is 2.26. The lowest BCUT2D eigenvalue weighted by Crippen LogP contribution is -2.39. The van der Waals surface area contributed by atoms with E-state index in [1.807, 2.05) is 146 Å². The van der Waals surface area contributed by atoms with Gasteiger partial charge in [-0.05, 0) is 70.8 Å². The molecule has 0 spiro atoms. The van der Waals surface area contributed by atoms with E-state index in [1.165, 1.54) is 22.7 Å². The number of ether oxygens (including phenoxy) is 2. The number of methoxy groups -OCH3 is 2. The quantitative estimate of drug-likeness (QED) is 0.0580. The molecule has 0 amide bonds. The maximum absolute atomic E-state index is 11.3. The molecule has 0 aliphatic heterocycles. The van der Waals surface area contributed by atoms with E-state index in [1.54, 1.807) is 26.4 Å². The fourth-order valence-electron chi connectivity index (χ4n) is 4.69. The lowest BCUT2D eigenvalue weighted by atomic mass is 10.1. The molecule has 0 unspecified atom stereocenters. The fraction of sp³-hybridized carbons (Fsp3) is 0.0500. The van der Waals surface area contributed by atoms with Crippen molar-refractivity contribution in [1.29, 1.82) is 0 Å². The third-order valence-corrected chi connectivity index (χ3v) is 9.35. The van der Waals surface area contributed by atoms with Crippen molar-refractivity contribution < 1.29 is 33.7 Å². The maximum Gasteiger partial charge on any atom is 0.517 e. The first-order valence-electron chi connectivity index (χ1n) is 16.0. The first-order valence-corrected chi connectivity index (χ1v) is 17.6. The standard InChI is InChI=1S/2C20H16NO3S.BFO2/c2*1-24-18-11-9-15(10-12-18)7-8-16-13-19(17-5-3-2-4-6-17)25-20(14-16)21(22)23;2-1(3)4/h2*2-14H,1H3;/q2*+1;-2. The lowest BCUT2D eigenvalue weighted by molar-refractivity contribution is -0.380. The van der Waals surface area contributed by atoms with Gasteiger partial charge in [-0.1, -0.05) is 85.0 Å². The zero-order valence-electron chi connectivity index (χ0n) is 28.9. The Morgan fingerprint density at radius 3 is 1.15 bits per heavy atom. The summed E-state index contributed by atoms with van der Waals surface area (Å²) in [7, 11) is 0.0838. The van der Waals surface area contributed by atoms with E-state index >= 15 is 0 Å². The van der Waals surface area contributed by atoms with Gasteiger partial charge < -0.3 is 23.8 Å². The zero-order valence-corrected chi connectivity index (χ0v) is 30.6. The number of rotatable bonds is 10. The predicted molar refractivity (Wildman–Crippen MR) is 212 cm³/mol. The Kier molecular flexibility index (Phi) is 15.6. The van der Waals surface area contributed by atoms with Crippen LogP contribution >= 0.6 is 22.7 Å². The molecule has 0 aliphatic rings. The van der Waals surface area contributed by atoms with Crippen LogP contribution in [-0.2, 0) is 0 Å². The molecule has 0 saturated heterocycles. The van der Waals surface area contributed by atoms with Crippen LogP contribution < -0.4 is 19.5 Å². The van der Waals surface area contributed by atoms with Crippen molar-refractivity contribution in [2.24, 2.45) is 0 Å². The van der Waals surface area contributed by atoms with Gasteiger partial charge >= 0.3 is 32.7 Å². The van der Waals surface area contributed by atoms with Gasteiger partial charge in [-0.2, -0.15) is 0 Å². The number of hydrogen-bond acceptors (Lipinski definition) is 8. The zero-order chi connectivity index (χ0) is 38.9. The van der Waals surface area contributed by atoms with Crippen LogP contribution in [0.15, 0.2) is 133 Å². The monoisotopic (exact) mass is 762 g/mol. The van der Waals surface area contributed by atoms with E-state index in [9.17, 15) is 24.5 Å². The summed E-state index contributed by atoms with van der Waals surface area (Å²) < 4.78 is 20.2. The first-order chi connectivity index (χ1) is 26.0. The Balaban J connectivity index is 0.000000219. The van der Waals surface area contributed by atoms with Gasteiger partial charge in [0, 0.05) is 23.3 Å². The minimum Gasteiger partial charge on any atom is -0.867 e. The van der Waals surface area contributed by atoms with Crippen molar-refractivity contribution in [3.63, 3.8) is 0 Å². The van der Waals surface area contributed by atoms with Gasteiger partial charge in [-0.15, -0.1) is 0 Å². The Labute approximate surface area is 319 Å². The van der Waals surface area contributed by atoms with E-state index in [2.05, 4.69) is 0 Å². The molecular formula is C40H32BFN2O8S2. The second-order valence-electron chi connectivity index (χ2n) is 10.9. The fourth-order valence-corrected chi connectivity index (χ4v) is 6.58. The Morgan fingerprint density at radius 2 is 0.852 bits per heavy atom. The Morgan fingerprint density at radius 1 is 0.537 bits per heavy atom. The molecule has 0 radical (unpaired) electrons. The number of halogens is 1. The largest absolute Gasteiger partial charge is 0.867 e. The molecule has 14 heteroatoms. The molecule has 0 aliphatic carbocycles. The number of hydrogen-bond donors (Lipinski definition) is 0. The van der Waals surface area contributed by atoms with Crippen molar-refractivity contribution >= 4 is 64.4 Å². The van der Waals surface area contributed by atoms with Crippen molar-refractivity contribution in [3.05, 3.63) is 176 Å². The molecule has 10 nitrogen and oxygen atoms in total. The normalized spacial score (nSPS) is 10.5. The summed E-state index contributed by atoms with van der Waals surface area (Å²) in [5, 5.41) is 39.4. The lowest BCUT2D eigenvalue weighted by Gasteiger charge is -2.09. The highest BCUT2D eigenvalue weighted by atomic mass is 32.1. The average Bonchev–Trinajstić information content (AvgIpc) is 3.20. The molecule has 0 fully saturated rings. The van der Waals surface area contributed by atoms with Crippen LogP contribution in [0.3, 0.4) is 0 Å². The molecule has 4 aromatic carbocycles. The molecule has 2 heterocycles. The molecule has 0 atom stereocenters. The van der Waals surface area contributed by atoms with Crippen LogP contribution in [-0.4, -0.2) is 31.5 Å². The molecule has 6 rings (SSSR count). The molecular weight excluding hydrogens is 730 g/mol. The number of benzene rings is 4. The summed E-state index contributed by atoms with van der Waals surface area (Å²) in [4.78, 5) is 23.6. The minimum atomic E-state index is -3.17. The summed E-state index contributed by atoms with van der Waals surface area (Å²) in [5.74, 6) is 1.58. The molecule has 54 heavy (non-hydrogen) atoms. The summed E-state index contributed by atoms with van der Waals surface area (Å²) >= 11 is 2.35. The van der Waals surface area contributed by atoms with Gasteiger partial charge in [0.1, 0.15) is 28.7 Å². The topological polar surface area (TPSA) is 151 Å². The minimum absolute atomic E-state index is 0.121. The number of nitro groups is 2. The second kappa shape index (κ2) is 20.8. The SMILES string of the molecule is COc1ccc(C=Cc2cc(-c3ccccc3)[s+]c([N+](=O)[O-])c2)cc1.COc1ccc(C=Cc2cc(-c3ccccc3)[s+]c([N+](=O)[O-])c2)cc1.[O-]B([O-])F. The Bertz CT molecular complexity index is 2030. The van der Waals surface area contributed by atoms with Gasteiger partial charge in [-0.25, -0.2) is 0 Å². The summed E-state index contributed by atoms with van der Waals surface area (Å²) in [6.07, 6.45) is 7.62. The molecule has 0 N–H and O–H groups in total. The highest BCUT2D eigenvalue weighted by molar-refractivity contribution is 7.18. The van der Waals surface area contributed by atoms with E-state index in [0.29, 0.717) is 0 Å². The van der Waals surface area contributed by atoms with Crippen LogP contribution in [0.4, 0.5) is 14.3 Å². The van der Waals surface area contributed by atoms with Crippen LogP contribution in [0, 0.1) is 20.2 Å². The maximum atomic E-state index is 11.3. The summed E-state index contributed by atoms with van der Waals surface area (Å²) in [6, 6.07) is 41.7. The van der Waals surface area contributed by atoms with E-state index < -0.39 is 7.40 Å². The molecule has 2 aromatic heterocycles. The average molecular weight is 763 g/mol. The third-order valence-electron chi connectivity index (χ3n) is 7.25. The van der Waals surface area contributed by atoms with Crippen LogP contribution in [0.25, 0.3) is 45.2 Å². The van der Waals surface area contributed by atoms with Crippen molar-refractivity contribution in [2.45, 2.75) is 0 Å². The van der Waals surface area contributed by atoms with Gasteiger partial charge in [-0.3, -0.25) is 20.2 Å². The smallest absolute Gasteiger partial charge is 0.517 e. The predicted octanol–water partition coefficient (Wildman–Crippen LogP) is 9.23. The third kappa shape index (κ3) is 13.1. The summed E-state index contributed by atoms with van der Waals surface area (Å²) in [6.45, 7) is 0. The second-order valence-corrected chi connectivity index (χ2v) is 13.0. The van der Waals surface area contributed by atoms with Gasteiger partial charge in [0.05, 0.1) is 26.4 Å². The van der Waals surface area contributed by atoms with Crippen LogP contribution in [0.5, 0.6) is 11.5 Å². The van der Waals surface area contributed by atoms with Gasteiger partial charge in [0.2, 0.25) is 9.75 Å². The molecule has 272 valence electrons. The molecule has 0 bridgehead atoms. The highest BCUT2D eigenvalue weighted by Crippen LogP contribution is 2.34. The summed E-state index contributed by atoms with van der Waals surface area (Å²) in [5.41, 5.74) is 5.51. The van der Waals surface area contributed by atoms with Crippen molar-refractivity contribution in [2.75, 3.05) is 14.2 Å². The van der Waals surface area contributed by atoms with E-state index in [-0.39, 0.29) is 19.8 Å². The van der Waals surface area contributed by atoms with Gasteiger partial charge in [0.15, 0.2) is 0 Å². The van der Waals surface area contributed by atoms with Crippen molar-refractivity contribution in [1.82, 2.24) is 0 Å². The first kappa shape index (κ1) is 40.6.